The van der Waals surface area contributed by atoms with E-state index in [4.69, 9.17) is 0 Å². The van der Waals surface area contributed by atoms with Gasteiger partial charge in [-0.1, -0.05) is 6.92 Å². The van der Waals surface area contributed by atoms with Crippen LogP contribution in [0.4, 0.5) is 0 Å². The first-order chi connectivity index (χ1) is 8.62. The number of H-pyrrole nitrogens is 1. The molecule has 0 aliphatic carbocycles. The van der Waals surface area contributed by atoms with E-state index in [9.17, 15) is 8.42 Å². The van der Waals surface area contributed by atoms with Crippen LogP contribution in [0.5, 0.6) is 0 Å². The Morgan fingerprint density at radius 1 is 1.56 bits per heavy atom. The number of nitrogens with zero attached hydrogens (tertiary/aromatic N) is 1. The molecule has 1 saturated heterocycles. The summed E-state index contributed by atoms with van der Waals surface area (Å²) >= 11 is 0. The molecule has 2 rings (SSSR count). The first kappa shape index (κ1) is 13.5. The number of rotatable bonds is 5. The molecule has 0 radical (unpaired) electrons. The van der Waals surface area contributed by atoms with Gasteiger partial charge in [-0.3, -0.25) is 0 Å². The number of aryl methyl sites for hydroxylation is 1. The molecule has 0 aromatic carbocycles. The second-order valence-corrected chi connectivity index (χ2v) is 6.35. The summed E-state index contributed by atoms with van der Waals surface area (Å²) in [6.07, 6.45) is 4.25. The fourth-order valence-electron chi connectivity index (χ4n) is 2.06. The maximum atomic E-state index is 12.0. The molecule has 6 nitrogen and oxygen atoms in total. The average Bonchev–Trinajstić information content (AvgIpc) is 2.87. The third-order valence-corrected chi connectivity index (χ3v) is 4.52. The van der Waals surface area contributed by atoms with Crippen LogP contribution in [-0.2, 0) is 16.4 Å². The summed E-state index contributed by atoms with van der Waals surface area (Å²) < 4.78 is 26.6. The van der Waals surface area contributed by atoms with E-state index in [0.29, 0.717) is 24.7 Å². The lowest BCUT2D eigenvalue weighted by Crippen LogP contribution is -2.38. The summed E-state index contributed by atoms with van der Waals surface area (Å²) in [5, 5.41) is 3.42. The summed E-state index contributed by atoms with van der Waals surface area (Å²) in [5.41, 5.74) is 0. The summed E-state index contributed by atoms with van der Waals surface area (Å²) in [5.74, 6) is 1.07. The van der Waals surface area contributed by atoms with E-state index in [1.807, 2.05) is 6.92 Å². The molecule has 1 aromatic heterocycles. The Balaban J connectivity index is 1.94. The van der Waals surface area contributed by atoms with E-state index in [2.05, 4.69) is 20.0 Å². The number of aromatic amines is 1. The smallest absolute Gasteiger partial charge is 0.257 e. The fraction of sp³-hybridized carbons (Fsp3) is 0.727. The van der Waals surface area contributed by atoms with Gasteiger partial charge in [0.2, 0.25) is 0 Å². The molecule has 1 aromatic rings. The van der Waals surface area contributed by atoms with Crippen molar-refractivity contribution in [1.29, 1.82) is 0 Å². The lowest BCUT2D eigenvalue weighted by atomic mass is 10.0. The van der Waals surface area contributed by atoms with Gasteiger partial charge in [-0.25, -0.2) is 18.1 Å². The number of hydrogen-bond donors (Lipinski definition) is 3. The van der Waals surface area contributed by atoms with Crippen LogP contribution in [0.1, 0.15) is 25.6 Å². The molecule has 1 aliphatic heterocycles. The van der Waals surface area contributed by atoms with Gasteiger partial charge in [0.25, 0.3) is 10.0 Å². The number of imidazole rings is 1. The third kappa shape index (κ3) is 3.30. The van der Waals surface area contributed by atoms with E-state index in [1.54, 1.807) is 0 Å². The molecule has 0 bridgehead atoms. The molecule has 1 unspecified atom stereocenters. The predicted octanol–water partition coefficient (Wildman–Crippen LogP) is 0.250. The molecule has 102 valence electrons. The van der Waals surface area contributed by atoms with Crippen molar-refractivity contribution in [2.45, 2.75) is 31.2 Å². The summed E-state index contributed by atoms with van der Waals surface area (Å²) in [6, 6.07) is 0. The molecule has 0 spiro atoms. The van der Waals surface area contributed by atoms with Crippen molar-refractivity contribution in [2.24, 2.45) is 5.92 Å². The number of sulfonamides is 1. The van der Waals surface area contributed by atoms with E-state index in [-0.39, 0.29) is 5.03 Å². The average molecular weight is 272 g/mol. The van der Waals surface area contributed by atoms with Crippen molar-refractivity contribution in [3.05, 3.63) is 12.0 Å². The lowest BCUT2D eigenvalue weighted by Gasteiger charge is -2.22. The van der Waals surface area contributed by atoms with Crippen LogP contribution in [-0.4, -0.2) is 38.0 Å². The van der Waals surface area contributed by atoms with Gasteiger partial charge in [-0.2, -0.15) is 0 Å². The van der Waals surface area contributed by atoms with Crippen molar-refractivity contribution >= 4 is 10.0 Å². The monoisotopic (exact) mass is 272 g/mol. The van der Waals surface area contributed by atoms with Gasteiger partial charge >= 0.3 is 0 Å². The highest BCUT2D eigenvalue weighted by Gasteiger charge is 2.20. The van der Waals surface area contributed by atoms with Crippen LogP contribution in [0.25, 0.3) is 0 Å². The summed E-state index contributed by atoms with van der Waals surface area (Å²) in [7, 11) is -3.44. The van der Waals surface area contributed by atoms with Crippen LogP contribution in [0.15, 0.2) is 11.2 Å². The van der Waals surface area contributed by atoms with Crippen molar-refractivity contribution in [3.63, 3.8) is 0 Å². The minimum Gasteiger partial charge on any atom is -0.332 e. The predicted molar refractivity (Wildman–Crippen MR) is 68.7 cm³/mol. The molecule has 2 heterocycles. The normalized spacial score (nSPS) is 21.1. The van der Waals surface area contributed by atoms with Gasteiger partial charge in [0.1, 0.15) is 5.82 Å². The first-order valence-corrected chi connectivity index (χ1v) is 7.84. The van der Waals surface area contributed by atoms with Crippen molar-refractivity contribution in [3.8, 4) is 0 Å². The molecular formula is C11H20N4O2S. The Kier molecular flexibility index (Phi) is 4.36. The highest BCUT2D eigenvalue weighted by atomic mass is 32.2. The molecule has 1 atom stereocenters. The maximum Gasteiger partial charge on any atom is 0.257 e. The zero-order chi connectivity index (χ0) is 13.0. The Morgan fingerprint density at radius 3 is 3.00 bits per heavy atom. The Morgan fingerprint density at radius 2 is 2.39 bits per heavy atom. The molecule has 1 fully saturated rings. The SMILES string of the molecule is CCc1ncc(S(=O)(=O)NCC2CCCNC2)[nH]1. The van der Waals surface area contributed by atoms with E-state index in [1.165, 1.54) is 6.20 Å². The Labute approximate surface area is 108 Å². The first-order valence-electron chi connectivity index (χ1n) is 6.36. The molecule has 0 saturated carbocycles. The van der Waals surface area contributed by atoms with Gasteiger partial charge in [0, 0.05) is 13.0 Å². The van der Waals surface area contributed by atoms with Crippen molar-refractivity contribution in [2.75, 3.05) is 19.6 Å². The van der Waals surface area contributed by atoms with Gasteiger partial charge in [0.15, 0.2) is 5.03 Å². The van der Waals surface area contributed by atoms with Crippen molar-refractivity contribution < 1.29 is 8.42 Å². The minimum atomic E-state index is -3.44. The van der Waals surface area contributed by atoms with E-state index in [0.717, 1.165) is 25.9 Å². The van der Waals surface area contributed by atoms with Crippen LogP contribution in [0, 0.1) is 5.92 Å². The lowest BCUT2D eigenvalue weighted by molar-refractivity contribution is 0.375. The number of hydrogen-bond acceptors (Lipinski definition) is 4. The second-order valence-electron chi connectivity index (χ2n) is 4.61. The van der Waals surface area contributed by atoms with Gasteiger partial charge < -0.3 is 10.3 Å². The summed E-state index contributed by atoms with van der Waals surface area (Å²) in [4.78, 5) is 6.82. The Hall–Kier alpha value is -0.920. The maximum absolute atomic E-state index is 12.0. The van der Waals surface area contributed by atoms with E-state index >= 15 is 0 Å². The fourth-order valence-corrected chi connectivity index (χ4v) is 3.12. The number of nitrogens with one attached hydrogen (secondary N) is 3. The van der Waals surface area contributed by atoms with Crippen LogP contribution in [0.3, 0.4) is 0 Å². The van der Waals surface area contributed by atoms with Gasteiger partial charge in [-0.05, 0) is 31.8 Å². The van der Waals surface area contributed by atoms with Gasteiger partial charge in [0.05, 0.1) is 6.20 Å². The topological polar surface area (TPSA) is 86.9 Å². The standard InChI is InChI=1S/C11H20N4O2S/c1-2-10-13-8-11(15-10)18(16,17)14-7-9-4-3-5-12-6-9/h8-9,12,14H,2-7H2,1H3,(H,13,15). The zero-order valence-electron chi connectivity index (χ0n) is 10.6. The van der Waals surface area contributed by atoms with Crippen LogP contribution >= 0.6 is 0 Å². The molecule has 18 heavy (non-hydrogen) atoms. The minimum absolute atomic E-state index is 0.156. The molecule has 3 N–H and O–H groups in total. The van der Waals surface area contributed by atoms with Crippen LogP contribution < -0.4 is 10.0 Å². The third-order valence-electron chi connectivity index (χ3n) is 3.19. The quantitative estimate of drug-likeness (QED) is 0.717. The Bertz CT molecular complexity index is 477. The van der Waals surface area contributed by atoms with Crippen molar-refractivity contribution in [1.82, 2.24) is 20.0 Å². The van der Waals surface area contributed by atoms with Crippen LogP contribution in [0.2, 0.25) is 0 Å². The van der Waals surface area contributed by atoms with Gasteiger partial charge in [-0.15, -0.1) is 0 Å². The number of piperidine rings is 1. The second kappa shape index (κ2) is 5.81. The largest absolute Gasteiger partial charge is 0.332 e. The summed E-state index contributed by atoms with van der Waals surface area (Å²) in [6.45, 7) is 4.32. The van der Waals surface area contributed by atoms with E-state index < -0.39 is 10.0 Å². The molecule has 7 heteroatoms. The number of aromatic nitrogens is 2. The highest BCUT2D eigenvalue weighted by Crippen LogP contribution is 2.11. The molecule has 1 aliphatic rings. The zero-order valence-corrected chi connectivity index (χ0v) is 11.4. The molecule has 0 amide bonds. The highest BCUT2D eigenvalue weighted by molar-refractivity contribution is 7.89. The molecular weight excluding hydrogens is 252 g/mol.